The predicted octanol–water partition coefficient (Wildman–Crippen LogP) is 6.42. The second kappa shape index (κ2) is 14.6. The highest BCUT2D eigenvalue weighted by molar-refractivity contribution is 8.42. The minimum Gasteiger partial charge on any atom is -0.496 e. The van der Waals surface area contributed by atoms with E-state index in [2.05, 4.69) is 34.2 Å². The molecule has 4 aromatic carbocycles. The fourth-order valence-electron chi connectivity index (χ4n) is 9.49. The first-order valence-electron chi connectivity index (χ1n) is 20.4. The van der Waals surface area contributed by atoms with Crippen LogP contribution in [-0.2, 0) is 27.3 Å². The maximum atomic E-state index is 13.8. The summed E-state index contributed by atoms with van der Waals surface area (Å²) < 4.78 is 18.6. The van der Waals surface area contributed by atoms with Gasteiger partial charge in [-0.2, -0.15) is 0 Å². The highest BCUT2D eigenvalue weighted by Gasteiger charge is 2.49. The van der Waals surface area contributed by atoms with Crippen LogP contribution in [0.2, 0.25) is 0 Å². The zero-order valence-electron chi connectivity index (χ0n) is 33.0. The van der Waals surface area contributed by atoms with E-state index in [4.69, 9.17) is 25.0 Å². The first-order chi connectivity index (χ1) is 28.6. The van der Waals surface area contributed by atoms with Crippen LogP contribution in [0.5, 0.6) is 5.75 Å². The van der Waals surface area contributed by atoms with Gasteiger partial charge >= 0.3 is 12.4 Å². The van der Waals surface area contributed by atoms with Crippen molar-refractivity contribution in [3.63, 3.8) is 0 Å². The van der Waals surface area contributed by atoms with Gasteiger partial charge in [-0.25, -0.2) is 4.79 Å². The molecule has 1 spiro atoms. The molecule has 59 heavy (non-hydrogen) atoms. The molecule has 1 atom stereocenters. The Morgan fingerprint density at radius 2 is 1.53 bits per heavy atom. The van der Waals surface area contributed by atoms with Crippen molar-refractivity contribution in [2.24, 2.45) is 11.5 Å². The van der Waals surface area contributed by atoms with Gasteiger partial charge in [-0.3, -0.25) is 9.59 Å². The summed E-state index contributed by atoms with van der Waals surface area (Å²) in [5, 5.41) is 1.19. The topological polar surface area (TPSA) is 169 Å². The SMILES string of the molecule is CS1(c2cccc3[nH]c(C(=O)N4CCC(c5cccc(CN)c5)CC4)cc23)OB(c2ccc3cc(C(=O)N4CCC5(CC4)COc4ccc(CN)cc45)[nH]c3c2)OC1=O. The summed E-state index contributed by atoms with van der Waals surface area (Å²) in [4.78, 5) is 52.5. The molecule has 0 radical (unpaired) electrons. The van der Waals surface area contributed by atoms with Crippen molar-refractivity contribution in [3.8, 4) is 5.75 Å². The van der Waals surface area contributed by atoms with Crippen molar-refractivity contribution in [2.75, 3.05) is 39.0 Å². The number of hydrogen-bond acceptors (Lipinski definition) is 8. The Morgan fingerprint density at radius 1 is 0.814 bits per heavy atom. The molecule has 2 amide bonds. The fraction of sp³-hybridized carbons (Fsp3) is 0.311. The molecule has 2 aromatic heterocycles. The molecule has 0 aliphatic carbocycles. The summed E-state index contributed by atoms with van der Waals surface area (Å²) in [6, 6.07) is 29.7. The Balaban J connectivity index is 0.823. The molecule has 0 bridgehead atoms. The third-order valence-electron chi connectivity index (χ3n) is 13.0. The molecule has 6 N–H and O–H groups in total. The number of amides is 2. The smallest absolute Gasteiger partial charge is 0.496 e. The van der Waals surface area contributed by atoms with Crippen LogP contribution in [0.4, 0.5) is 4.79 Å². The van der Waals surface area contributed by atoms with E-state index in [1.54, 1.807) is 6.26 Å². The van der Waals surface area contributed by atoms with Gasteiger partial charge in [-0.15, -0.1) is 0 Å². The number of benzene rings is 4. The quantitative estimate of drug-likeness (QED) is 0.134. The van der Waals surface area contributed by atoms with Crippen LogP contribution in [0.15, 0.2) is 95.9 Å². The first kappa shape index (κ1) is 37.7. The van der Waals surface area contributed by atoms with Gasteiger partial charge in [0.05, 0.1) is 6.61 Å². The van der Waals surface area contributed by atoms with Crippen LogP contribution in [0.3, 0.4) is 0 Å². The van der Waals surface area contributed by atoms with Crippen LogP contribution < -0.4 is 21.7 Å². The van der Waals surface area contributed by atoms with E-state index in [0.717, 1.165) is 64.4 Å². The van der Waals surface area contributed by atoms with Gasteiger partial charge in [0.2, 0.25) is 0 Å². The lowest BCUT2D eigenvalue weighted by molar-refractivity contribution is 0.0641. The van der Waals surface area contributed by atoms with Crippen molar-refractivity contribution in [1.29, 1.82) is 0 Å². The van der Waals surface area contributed by atoms with Crippen molar-refractivity contribution < 1.29 is 27.9 Å². The van der Waals surface area contributed by atoms with Gasteiger partial charge < -0.3 is 44.7 Å². The standard InChI is InChI=1S/C45H47BN6O6S/c1-59(41-7-3-6-36-34(41)24-39(49-36)43(54)51-16-12-30(13-17-51)31-5-2-4-28(20-31)25-47)44(55)57-46(58-59)33-10-9-32-22-38(50-37(32)23-33)42(53)52-18-14-45(15-19-52)27-56-40-11-8-29(26-48)21-35(40)45/h2-11,20-24,30,49-50H,12-19,25-27,47-48H2,1H3. The molecule has 12 nitrogen and oxygen atoms in total. The van der Waals surface area contributed by atoms with E-state index in [0.29, 0.717) is 73.5 Å². The maximum absolute atomic E-state index is 13.8. The van der Waals surface area contributed by atoms with Gasteiger partial charge in [0.15, 0.2) is 0 Å². The molecule has 0 saturated carbocycles. The van der Waals surface area contributed by atoms with Crippen LogP contribution in [0.1, 0.15) is 74.8 Å². The molecule has 10 rings (SSSR count). The van der Waals surface area contributed by atoms with Crippen LogP contribution in [0.25, 0.3) is 21.8 Å². The third kappa shape index (κ3) is 6.49. The highest BCUT2D eigenvalue weighted by Crippen LogP contribution is 2.61. The Hall–Kier alpha value is -5.54. The summed E-state index contributed by atoms with van der Waals surface area (Å²) >= 11 is 0. The normalized spacial score (nSPS) is 21.5. The van der Waals surface area contributed by atoms with Crippen LogP contribution in [0, 0.1) is 0 Å². The molecule has 14 heteroatoms. The number of aromatic amines is 2. The zero-order chi connectivity index (χ0) is 40.5. The molecule has 4 aliphatic rings. The minimum absolute atomic E-state index is 0.0523. The number of aromatic nitrogens is 2. The number of hydrogen-bond donors (Lipinski definition) is 4. The van der Waals surface area contributed by atoms with E-state index in [1.807, 2.05) is 76.5 Å². The van der Waals surface area contributed by atoms with Crippen LogP contribution in [-0.4, -0.2) is 83.0 Å². The number of nitrogens with two attached hydrogens (primary N) is 2. The first-order valence-corrected chi connectivity index (χ1v) is 22.4. The number of carbonyl (C=O) groups excluding carboxylic acids is 3. The number of fused-ring (bicyclic) bond motifs is 4. The summed E-state index contributed by atoms with van der Waals surface area (Å²) in [6.45, 7) is 4.16. The van der Waals surface area contributed by atoms with Crippen molar-refractivity contribution >= 4 is 61.8 Å². The van der Waals surface area contributed by atoms with Gasteiger partial charge in [-0.05, 0) is 100 Å². The minimum atomic E-state index is -2.58. The summed E-state index contributed by atoms with van der Waals surface area (Å²) in [5.41, 5.74) is 19.5. The molecule has 6 heterocycles. The van der Waals surface area contributed by atoms with Gasteiger partial charge in [0.1, 0.15) is 17.1 Å². The van der Waals surface area contributed by atoms with E-state index in [-0.39, 0.29) is 17.2 Å². The Morgan fingerprint density at radius 3 is 2.31 bits per heavy atom. The molecule has 4 aliphatic heterocycles. The number of nitrogens with one attached hydrogen (secondary N) is 2. The molecule has 3 saturated heterocycles. The number of H-pyrrole nitrogens is 2. The second-order valence-electron chi connectivity index (χ2n) is 16.5. The van der Waals surface area contributed by atoms with Gasteiger partial charge in [0.25, 0.3) is 11.8 Å². The molecular formula is C45H47BN6O6S. The predicted molar refractivity (Wildman–Crippen MR) is 230 cm³/mol. The molecule has 302 valence electrons. The summed E-state index contributed by atoms with van der Waals surface area (Å²) in [6.07, 6.45) is 5.18. The number of likely N-dealkylation sites (tertiary alicyclic amines) is 2. The van der Waals surface area contributed by atoms with Crippen LogP contribution >= 0.6 is 10.3 Å². The molecular weight excluding hydrogens is 763 g/mol. The molecule has 1 unspecified atom stereocenters. The average Bonchev–Trinajstić information content (AvgIpc) is 4.07. The summed E-state index contributed by atoms with van der Waals surface area (Å²) in [7, 11) is -3.51. The van der Waals surface area contributed by atoms with Gasteiger partial charge in [0, 0.05) is 83.2 Å². The fourth-order valence-corrected chi connectivity index (χ4v) is 11.5. The summed E-state index contributed by atoms with van der Waals surface area (Å²) in [5.74, 6) is 1.19. The average molecular weight is 811 g/mol. The number of nitrogens with zero attached hydrogens (tertiary/aromatic N) is 2. The molecule has 3 fully saturated rings. The number of carbonyl (C=O) groups is 3. The number of rotatable bonds is 7. The van der Waals surface area contributed by atoms with E-state index in [1.165, 1.54) is 11.1 Å². The van der Waals surface area contributed by atoms with E-state index in [9.17, 15) is 14.4 Å². The lowest BCUT2D eigenvalue weighted by Gasteiger charge is -2.38. The van der Waals surface area contributed by atoms with Crippen molar-refractivity contribution in [3.05, 3.63) is 125 Å². The number of piperidine rings is 2. The Labute approximate surface area is 344 Å². The zero-order valence-corrected chi connectivity index (χ0v) is 33.8. The highest BCUT2D eigenvalue weighted by atomic mass is 32.3. The van der Waals surface area contributed by atoms with Crippen molar-refractivity contribution in [1.82, 2.24) is 19.8 Å². The van der Waals surface area contributed by atoms with E-state index >= 15 is 0 Å². The lowest BCUT2D eigenvalue weighted by atomic mass is 9.74. The Kier molecular flexibility index (Phi) is 9.35. The maximum Gasteiger partial charge on any atom is 0.576 e. The van der Waals surface area contributed by atoms with Gasteiger partial charge in [-0.1, -0.05) is 54.6 Å². The molecule has 6 aromatic rings. The number of ether oxygens (including phenoxy) is 1. The second-order valence-corrected chi connectivity index (χ2v) is 19.1. The largest absolute Gasteiger partial charge is 0.576 e. The Bertz CT molecular complexity index is 2650. The van der Waals surface area contributed by atoms with E-state index < -0.39 is 22.7 Å². The monoisotopic (exact) mass is 810 g/mol. The lowest BCUT2D eigenvalue weighted by Crippen LogP contribution is -2.46. The third-order valence-corrected chi connectivity index (χ3v) is 15.5. The van der Waals surface area contributed by atoms with Crippen molar-refractivity contribution in [2.45, 2.75) is 55.0 Å².